The third-order valence-electron chi connectivity index (χ3n) is 1.60. The Balaban J connectivity index is 2.58. The Bertz CT molecular complexity index is 235. The Morgan fingerprint density at radius 3 is 2.83 bits per heavy atom. The number of hydrogen-bond donors (Lipinski definition) is 0. The molecule has 0 fully saturated rings. The molecular formula is C9H12INO. The Morgan fingerprint density at radius 2 is 2.33 bits per heavy atom. The highest BCUT2D eigenvalue weighted by Crippen LogP contribution is 2.11. The first kappa shape index (κ1) is 9.77. The van der Waals surface area contributed by atoms with E-state index in [9.17, 15) is 0 Å². The standard InChI is InChI=1S/C9H12INO/c1-3-7(2)12-9-5-4-8(10)6-11-9/h4-7H,3H2,1-2H3. The van der Waals surface area contributed by atoms with Crippen LogP contribution in [0.15, 0.2) is 18.3 Å². The first-order valence-electron chi connectivity index (χ1n) is 4.00. The number of halogens is 1. The molecule has 3 heteroatoms. The van der Waals surface area contributed by atoms with Crippen molar-refractivity contribution in [2.75, 3.05) is 0 Å². The van der Waals surface area contributed by atoms with Crippen LogP contribution in [0.3, 0.4) is 0 Å². The van der Waals surface area contributed by atoms with Gasteiger partial charge in [0.05, 0.1) is 6.10 Å². The van der Waals surface area contributed by atoms with Crippen LogP contribution >= 0.6 is 22.6 Å². The van der Waals surface area contributed by atoms with Crippen LogP contribution in [0.5, 0.6) is 5.88 Å². The highest BCUT2D eigenvalue weighted by atomic mass is 127. The van der Waals surface area contributed by atoms with E-state index in [0.717, 1.165) is 9.99 Å². The fourth-order valence-electron chi connectivity index (χ4n) is 0.721. The van der Waals surface area contributed by atoms with E-state index in [1.165, 1.54) is 0 Å². The van der Waals surface area contributed by atoms with Crippen LogP contribution in [0.4, 0.5) is 0 Å². The summed E-state index contributed by atoms with van der Waals surface area (Å²) in [5, 5.41) is 0. The van der Waals surface area contributed by atoms with E-state index in [2.05, 4.69) is 34.5 Å². The molecule has 1 rings (SSSR count). The predicted octanol–water partition coefficient (Wildman–Crippen LogP) is 2.86. The molecule has 0 saturated carbocycles. The largest absolute Gasteiger partial charge is 0.475 e. The van der Waals surface area contributed by atoms with Gasteiger partial charge < -0.3 is 4.74 Å². The molecule has 0 aliphatic rings. The maximum Gasteiger partial charge on any atom is 0.213 e. The molecule has 1 unspecified atom stereocenters. The van der Waals surface area contributed by atoms with Gasteiger partial charge in [-0.15, -0.1) is 0 Å². The van der Waals surface area contributed by atoms with Crippen molar-refractivity contribution in [3.8, 4) is 5.88 Å². The summed E-state index contributed by atoms with van der Waals surface area (Å²) in [4.78, 5) is 4.14. The molecule has 66 valence electrons. The molecule has 0 aliphatic carbocycles. The molecule has 0 aromatic carbocycles. The third kappa shape index (κ3) is 2.97. The van der Waals surface area contributed by atoms with E-state index in [-0.39, 0.29) is 6.10 Å². The molecule has 0 N–H and O–H groups in total. The topological polar surface area (TPSA) is 22.1 Å². The zero-order valence-electron chi connectivity index (χ0n) is 7.25. The molecule has 0 saturated heterocycles. The van der Waals surface area contributed by atoms with Gasteiger partial charge in [-0.3, -0.25) is 0 Å². The van der Waals surface area contributed by atoms with Crippen molar-refractivity contribution in [1.82, 2.24) is 4.98 Å². The van der Waals surface area contributed by atoms with Gasteiger partial charge >= 0.3 is 0 Å². The smallest absolute Gasteiger partial charge is 0.213 e. The molecule has 1 aromatic heterocycles. The quantitative estimate of drug-likeness (QED) is 0.792. The summed E-state index contributed by atoms with van der Waals surface area (Å²) in [6.07, 6.45) is 3.06. The van der Waals surface area contributed by atoms with Crippen molar-refractivity contribution < 1.29 is 4.74 Å². The number of rotatable bonds is 3. The summed E-state index contributed by atoms with van der Waals surface area (Å²) < 4.78 is 6.63. The van der Waals surface area contributed by atoms with Crippen LogP contribution in [-0.2, 0) is 0 Å². The minimum atomic E-state index is 0.248. The number of nitrogens with zero attached hydrogens (tertiary/aromatic N) is 1. The Kier molecular flexibility index (Phi) is 3.78. The van der Waals surface area contributed by atoms with E-state index < -0.39 is 0 Å². The Labute approximate surface area is 86.5 Å². The van der Waals surface area contributed by atoms with Gasteiger partial charge in [0, 0.05) is 15.8 Å². The van der Waals surface area contributed by atoms with Gasteiger partial charge in [0.15, 0.2) is 0 Å². The highest BCUT2D eigenvalue weighted by Gasteiger charge is 2.00. The van der Waals surface area contributed by atoms with E-state index in [0.29, 0.717) is 5.88 Å². The van der Waals surface area contributed by atoms with E-state index in [1.807, 2.05) is 19.1 Å². The number of aromatic nitrogens is 1. The minimum absolute atomic E-state index is 0.248. The molecule has 0 aliphatic heterocycles. The lowest BCUT2D eigenvalue weighted by molar-refractivity contribution is 0.208. The van der Waals surface area contributed by atoms with Gasteiger partial charge in [-0.05, 0) is 42.0 Å². The molecule has 12 heavy (non-hydrogen) atoms. The normalized spacial score (nSPS) is 12.6. The van der Waals surface area contributed by atoms with Crippen molar-refractivity contribution in [3.63, 3.8) is 0 Å². The average molecular weight is 277 g/mol. The van der Waals surface area contributed by atoms with Crippen LogP contribution in [-0.4, -0.2) is 11.1 Å². The summed E-state index contributed by atoms with van der Waals surface area (Å²) in [6, 6.07) is 3.89. The molecule has 0 radical (unpaired) electrons. The summed E-state index contributed by atoms with van der Waals surface area (Å²) in [5.74, 6) is 0.713. The van der Waals surface area contributed by atoms with Crippen LogP contribution in [0.1, 0.15) is 20.3 Å². The summed E-state index contributed by atoms with van der Waals surface area (Å²) in [5.41, 5.74) is 0. The molecular weight excluding hydrogens is 265 g/mol. The van der Waals surface area contributed by atoms with Crippen LogP contribution < -0.4 is 4.74 Å². The van der Waals surface area contributed by atoms with Crippen molar-refractivity contribution in [3.05, 3.63) is 21.9 Å². The Morgan fingerprint density at radius 1 is 1.58 bits per heavy atom. The fraction of sp³-hybridized carbons (Fsp3) is 0.444. The first-order chi connectivity index (χ1) is 5.72. The molecule has 0 spiro atoms. The van der Waals surface area contributed by atoms with Gasteiger partial charge in [0.25, 0.3) is 0 Å². The second-order valence-corrected chi connectivity index (χ2v) is 3.90. The highest BCUT2D eigenvalue weighted by molar-refractivity contribution is 14.1. The fourth-order valence-corrected chi connectivity index (χ4v) is 1.04. The molecule has 1 aromatic rings. The van der Waals surface area contributed by atoms with Gasteiger partial charge in [-0.2, -0.15) is 0 Å². The number of hydrogen-bond acceptors (Lipinski definition) is 2. The minimum Gasteiger partial charge on any atom is -0.475 e. The molecule has 0 bridgehead atoms. The molecule has 1 atom stereocenters. The van der Waals surface area contributed by atoms with Crippen molar-refractivity contribution in [2.24, 2.45) is 0 Å². The van der Waals surface area contributed by atoms with Gasteiger partial charge in [0.2, 0.25) is 5.88 Å². The van der Waals surface area contributed by atoms with Crippen LogP contribution in [0, 0.1) is 3.57 Å². The predicted molar refractivity (Wildman–Crippen MR) is 57.3 cm³/mol. The van der Waals surface area contributed by atoms with Crippen molar-refractivity contribution >= 4 is 22.6 Å². The lowest BCUT2D eigenvalue weighted by atomic mass is 10.3. The van der Waals surface area contributed by atoms with Gasteiger partial charge in [0.1, 0.15) is 0 Å². The Hall–Kier alpha value is -0.320. The lowest BCUT2D eigenvalue weighted by Gasteiger charge is -2.10. The van der Waals surface area contributed by atoms with Crippen LogP contribution in [0.2, 0.25) is 0 Å². The lowest BCUT2D eigenvalue weighted by Crippen LogP contribution is -2.10. The zero-order chi connectivity index (χ0) is 8.97. The second-order valence-electron chi connectivity index (χ2n) is 2.65. The van der Waals surface area contributed by atoms with Crippen LogP contribution in [0.25, 0.3) is 0 Å². The van der Waals surface area contributed by atoms with E-state index >= 15 is 0 Å². The van der Waals surface area contributed by atoms with Gasteiger partial charge in [-0.25, -0.2) is 4.98 Å². The third-order valence-corrected chi connectivity index (χ3v) is 2.24. The zero-order valence-corrected chi connectivity index (χ0v) is 9.41. The number of ether oxygens (including phenoxy) is 1. The second kappa shape index (κ2) is 4.64. The van der Waals surface area contributed by atoms with Gasteiger partial charge in [-0.1, -0.05) is 6.92 Å². The molecule has 1 heterocycles. The van der Waals surface area contributed by atoms with E-state index in [1.54, 1.807) is 6.20 Å². The summed E-state index contributed by atoms with van der Waals surface area (Å²) in [7, 11) is 0. The monoisotopic (exact) mass is 277 g/mol. The number of pyridine rings is 1. The summed E-state index contributed by atoms with van der Waals surface area (Å²) in [6.45, 7) is 4.14. The van der Waals surface area contributed by atoms with Crippen molar-refractivity contribution in [2.45, 2.75) is 26.4 Å². The summed E-state index contributed by atoms with van der Waals surface area (Å²) >= 11 is 2.22. The maximum atomic E-state index is 5.50. The first-order valence-corrected chi connectivity index (χ1v) is 5.08. The molecule has 2 nitrogen and oxygen atoms in total. The van der Waals surface area contributed by atoms with E-state index in [4.69, 9.17) is 4.74 Å². The SMILES string of the molecule is CCC(C)Oc1ccc(I)cn1. The maximum absolute atomic E-state index is 5.50. The average Bonchev–Trinajstić information content (AvgIpc) is 2.09. The molecule has 0 amide bonds. The van der Waals surface area contributed by atoms with Crippen molar-refractivity contribution in [1.29, 1.82) is 0 Å².